The van der Waals surface area contributed by atoms with E-state index in [0.717, 1.165) is 11.4 Å². The lowest BCUT2D eigenvalue weighted by Crippen LogP contribution is -2.28. The highest BCUT2D eigenvalue weighted by atomic mass is 16.5. The SMILES string of the molecule is COc1ccc(N2C=CC=C(C(N)=O)C2)cc1. The normalized spacial score (nSPS) is 14.4. The number of primary amides is 1. The third-order valence-electron chi connectivity index (χ3n) is 2.62. The number of allylic oxidation sites excluding steroid dienone is 2. The Morgan fingerprint density at radius 2 is 2.06 bits per heavy atom. The molecule has 4 heteroatoms. The van der Waals surface area contributed by atoms with E-state index >= 15 is 0 Å². The number of nitrogens with two attached hydrogens (primary N) is 1. The van der Waals surface area contributed by atoms with Crippen LogP contribution in [0.25, 0.3) is 0 Å². The van der Waals surface area contributed by atoms with Crippen LogP contribution >= 0.6 is 0 Å². The lowest BCUT2D eigenvalue weighted by atomic mass is 10.1. The fraction of sp³-hybridized carbons (Fsp3) is 0.154. The van der Waals surface area contributed by atoms with Gasteiger partial charge in [-0.3, -0.25) is 4.79 Å². The van der Waals surface area contributed by atoms with Gasteiger partial charge in [0, 0.05) is 17.5 Å². The molecular weight excluding hydrogens is 216 g/mol. The molecule has 0 radical (unpaired) electrons. The summed E-state index contributed by atoms with van der Waals surface area (Å²) in [6.07, 6.45) is 5.46. The van der Waals surface area contributed by atoms with Crippen LogP contribution in [0.5, 0.6) is 5.75 Å². The smallest absolute Gasteiger partial charge is 0.246 e. The predicted molar refractivity (Wildman–Crippen MR) is 66.8 cm³/mol. The monoisotopic (exact) mass is 230 g/mol. The summed E-state index contributed by atoms with van der Waals surface area (Å²) in [6, 6.07) is 7.64. The van der Waals surface area contributed by atoms with Gasteiger partial charge in [-0.15, -0.1) is 0 Å². The molecule has 1 aliphatic rings. The number of benzene rings is 1. The Bertz CT molecular complexity index is 475. The number of ether oxygens (including phenoxy) is 1. The van der Waals surface area contributed by atoms with Gasteiger partial charge in [-0.1, -0.05) is 6.08 Å². The highest BCUT2D eigenvalue weighted by Crippen LogP contribution is 2.22. The van der Waals surface area contributed by atoms with Gasteiger partial charge in [0.2, 0.25) is 5.91 Å². The third-order valence-corrected chi connectivity index (χ3v) is 2.62. The van der Waals surface area contributed by atoms with Crippen molar-refractivity contribution in [1.29, 1.82) is 0 Å². The highest BCUT2D eigenvalue weighted by Gasteiger charge is 2.13. The first kappa shape index (κ1) is 11.3. The van der Waals surface area contributed by atoms with Crippen molar-refractivity contribution in [2.75, 3.05) is 18.6 Å². The topological polar surface area (TPSA) is 55.6 Å². The summed E-state index contributed by atoms with van der Waals surface area (Å²) in [7, 11) is 1.63. The molecule has 0 saturated heterocycles. The van der Waals surface area contributed by atoms with Crippen LogP contribution in [0.15, 0.2) is 48.2 Å². The maximum Gasteiger partial charge on any atom is 0.246 e. The number of carbonyl (C=O) groups excluding carboxylic acids is 1. The van der Waals surface area contributed by atoms with Crippen LogP contribution in [-0.2, 0) is 4.79 Å². The summed E-state index contributed by atoms with van der Waals surface area (Å²) in [5.74, 6) is 0.424. The van der Waals surface area contributed by atoms with Gasteiger partial charge in [0.15, 0.2) is 0 Å². The van der Waals surface area contributed by atoms with Crippen molar-refractivity contribution in [2.24, 2.45) is 5.73 Å². The minimum absolute atomic E-state index is 0.382. The zero-order chi connectivity index (χ0) is 12.3. The maximum atomic E-state index is 11.1. The molecule has 2 rings (SSSR count). The summed E-state index contributed by atoms with van der Waals surface area (Å²) in [5.41, 5.74) is 6.86. The molecule has 17 heavy (non-hydrogen) atoms. The average molecular weight is 230 g/mol. The third kappa shape index (κ3) is 2.47. The number of nitrogens with zero attached hydrogens (tertiary/aromatic N) is 1. The Kier molecular flexibility index (Phi) is 3.14. The number of methoxy groups -OCH3 is 1. The Morgan fingerprint density at radius 3 is 2.65 bits per heavy atom. The molecular formula is C13H14N2O2. The van der Waals surface area contributed by atoms with E-state index < -0.39 is 0 Å². The Morgan fingerprint density at radius 1 is 1.35 bits per heavy atom. The molecule has 0 bridgehead atoms. The summed E-state index contributed by atoms with van der Waals surface area (Å²) >= 11 is 0. The quantitative estimate of drug-likeness (QED) is 0.854. The second-order valence-electron chi connectivity index (χ2n) is 3.72. The van der Waals surface area contributed by atoms with Gasteiger partial charge in [-0.2, -0.15) is 0 Å². The van der Waals surface area contributed by atoms with Crippen LogP contribution < -0.4 is 15.4 Å². The number of carbonyl (C=O) groups is 1. The van der Waals surface area contributed by atoms with Crippen LogP contribution in [0.3, 0.4) is 0 Å². The van der Waals surface area contributed by atoms with Crippen molar-refractivity contribution >= 4 is 11.6 Å². The lowest BCUT2D eigenvalue weighted by Gasteiger charge is -2.23. The highest BCUT2D eigenvalue weighted by molar-refractivity contribution is 5.93. The van der Waals surface area contributed by atoms with Crippen LogP contribution in [0.1, 0.15) is 0 Å². The largest absolute Gasteiger partial charge is 0.497 e. The van der Waals surface area contributed by atoms with Crippen molar-refractivity contribution in [3.8, 4) is 5.75 Å². The molecule has 88 valence electrons. The molecule has 1 amide bonds. The molecule has 0 aromatic heterocycles. The molecule has 1 aromatic rings. The molecule has 1 aliphatic heterocycles. The summed E-state index contributed by atoms with van der Waals surface area (Å²) in [5, 5.41) is 0. The fourth-order valence-electron chi connectivity index (χ4n) is 1.66. The van der Waals surface area contributed by atoms with E-state index in [1.165, 1.54) is 0 Å². The molecule has 1 heterocycles. The second-order valence-corrected chi connectivity index (χ2v) is 3.72. The lowest BCUT2D eigenvalue weighted by molar-refractivity contribution is -0.114. The van der Waals surface area contributed by atoms with Gasteiger partial charge < -0.3 is 15.4 Å². The second kappa shape index (κ2) is 4.74. The van der Waals surface area contributed by atoms with E-state index in [-0.39, 0.29) is 5.91 Å². The predicted octanol–water partition coefficient (Wildman–Crippen LogP) is 1.44. The minimum atomic E-state index is -0.382. The average Bonchev–Trinajstić information content (AvgIpc) is 2.39. The zero-order valence-corrected chi connectivity index (χ0v) is 9.59. The van der Waals surface area contributed by atoms with Crippen LogP contribution in [0, 0.1) is 0 Å². The van der Waals surface area contributed by atoms with Crippen LogP contribution in [-0.4, -0.2) is 19.6 Å². The van der Waals surface area contributed by atoms with Crippen LogP contribution in [0.2, 0.25) is 0 Å². The molecule has 2 N–H and O–H groups in total. The molecule has 0 aliphatic carbocycles. The van der Waals surface area contributed by atoms with E-state index in [1.54, 1.807) is 13.2 Å². The number of hydrogen-bond acceptors (Lipinski definition) is 3. The van der Waals surface area contributed by atoms with Gasteiger partial charge in [0.25, 0.3) is 0 Å². The van der Waals surface area contributed by atoms with Crippen LogP contribution in [0.4, 0.5) is 5.69 Å². The number of anilines is 1. The number of rotatable bonds is 3. The Balaban J connectivity index is 2.16. The summed E-state index contributed by atoms with van der Waals surface area (Å²) in [6.45, 7) is 0.498. The first-order valence-electron chi connectivity index (χ1n) is 5.28. The van der Waals surface area contributed by atoms with Gasteiger partial charge >= 0.3 is 0 Å². The first-order chi connectivity index (χ1) is 8.20. The van der Waals surface area contributed by atoms with Crippen molar-refractivity contribution in [3.05, 3.63) is 48.2 Å². The van der Waals surface area contributed by atoms with E-state index in [4.69, 9.17) is 10.5 Å². The molecule has 0 atom stereocenters. The Labute approximate surface area is 100.0 Å². The zero-order valence-electron chi connectivity index (χ0n) is 9.59. The summed E-state index contributed by atoms with van der Waals surface area (Å²) < 4.78 is 5.09. The van der Waals surface area contributed by atoms with E-state index in [9.17, 15) is 4.79 Å². The first-order valence-corrected chi connectivity index (χ1v) is 5.28. The van der Waals surface area contributed by atoms with Crippen molar-refractivity contribution in [3.63, 3.8) is 0 Å². The fourth-order valence-corrected chi connectivity index (χ4v) is 1.66. The maximum absolute atomic E-state index is 11.1. The Hall–Kier alpha value is -2.23. The molecule has 4 nitrogen and oxygen atoms in total. The van der Waals surface area contributed by atoms with Crippen molar-refractivity contribution in [2.45, 2.75) is 0 Å². The minimum Gasteiger partial charge on any atom is -0.497 e. The number of hydrogen-bond donors (Lipinski definition) is 1. The molecule has 0 spiro atoms. The molecule has 1 aromatic carbocycles. The summed E-state index contributed by atoms with van der Waals surface area (Å²) in [4.78, 5) is 13.1. The van der Waals surface area contributed by atoms with Gasteiger partial charge in [0.05, 0.1) is 13.7 Å². The molecule has 0 saturated carbocycles. The van der Waals surface area contributed by atoms with Crippen molar-refractivity contribution in [1.82, 2.24) is 0 Å². The number of amides is 1. The van der Waals surface area contributed by atoms with Gasteiger partial charge in [-0.25, -0.2) is 0 Å². The van der Waals surface area contributed by atoms with Crippen molar-refractivity contribution < 1.29 is 9.53 Å². The van der Waals surface area contributed by atoms with E-state index in [1.807, 2.05) is 41.4 Å². The molecule has 0 unspecified atom stereocenters. The van der Waals surface area contributed by atoms with Gasteiger partial charge in [0.1, 0.15) is 5.75 Å². The van der Waals surface area contributed by atoms with E-state index in [0.29, 0.717) is 12.1 Å². The van der Waals surface area contributed by atoms with E-state index in [2.05, 4.69) is 0 Å². The molecule has 0 fully saturated rings. The standard InChI is InChI=1S/C13H14N2O2/c1-17-12-6-4-11(5-7-12)15-8-2-3-10(9-15)13(14)16/h2-8H,9H2,1H3,(H2,14,16). The van der Waals surface area contributed by atoms with Gasteiger partial charge in [-0.05, 0) is 30.3 Å².